The van der Waals surface area contributed by atoms with E-state index in [0.717, 1.165) is 38.8 Å². The molecular formula is C32H17IN2O. The van der Waals surface area contributed by atoms with Crippen molar-refractivity contribution in [3.8, 4) is 33.5 Å². The van der Waals surface area contributed by atoms with Crippen LogP contribution in [-0.2, 0) is 0 Å². The molecule has 7 aromatic rings. The van der Waals surface area contributed by atoms with E-state index >= 15 is 0 Å². The molecule has 2 aliphatic heterocycles. The van der Waals surface area contributed by atoms with Crippen LogP contribution in [0.4, 0.5) is 0 Å². The zero-order valence-corrected chi connectivity index (χ0v) is 21.2. The Labute approximate surface area is 213 Å². The fraction of sp³-hybridized carbons (Fsp3) is 0. The molecule has 9 rings (SSSR count). The van der Waals surface area contributed by atoms with Crippen molar-refractivity contribution in [2.45, 2.75) is 0 Å². The quantitative estimate of drug-likeness (QED) is 0.185. The zero-order valence-electron chi connectivity index (χ0n) is 19.0. The Balaban J connectivity index is 1.41. The molecule has 0 aliphatic carbocycles. The van der Waals surface area contributed by atoms with Crippen molar-refractivity contribution in [2.24, 2.45) is 0 Å². The summed E-state index contributed by atoms with van der Waals surface area (Å²) in [7, 11) is 0. The molecule has 168 valence electrons. The van der Waals surface area contributed by atoms with Crippen LogP contribution in [0.25, 0.3) is 66.5 Å². The van der Waals surface area contributed by atoms with E-state index in [1.165, 1.54) is 38.5 Å². The summed E-state index contributed by atoms with van der Waals surface area (Å²) in [6, 6.07) is 36.5. The molecule has 5 aromatic carbocycles. The molecule has 0 fully saturated rings. The van der Waals surface area contributed by atoms with E-state index in [0.29, 0.717) is 0 Å². The van der Waals surface area contributed by atoms with Crippen molar-refractivity contribution in [3.05, 3.63) is 114 Å². The molecule has 2 aliphatic rings. The standard InChI is InChI=1S/C32H17IN2O/c1-2-8-18(9-3-1)19-14-15-25-26(16-19)34-30-28-29-22(17-23-21-11-5-7-13-27(21)36-31(23)28)20-10-4-6-12-24(20)33(29)32(30)35-25/h1-17H. The summed E-state index contributed by atoms with van der Waals surface area (Å²) in [6.45, 7) is 0. The number of rotatable bonds is 1. The van der Waals surface area contributed by atoms with E-state index in [2.05, 4.69) is 91.0 Å². The van der Waals surface area contributed by atoms with Gasteiger partial charge in [0, 0.05) is 0 Å². The Morgan fingerprint density at radius 2 is 1.44 bits per heavy atom. The minimum atomic E-state index is -1.96. The molecule has 4 heteroatoms. The zero-order chi connectivity index (χ0) is 23.4. The van der Waals surface area contributed by atoms with Crippen molar-refractivity contribution < 1.29 is 4.42 Å². The second-order valence-corrected chi connectivity index (χ2v) is 14.2. The van der Waals surface area contributed by atoms with Gasteiger partial charge in [0.1, 0.15) is 0 Å². The van der Waals surface area contributed by atoms with Gasteiger partial charge in [-0.2, -0.15) is 0 Å². The minimum absolute atomic E-state index is 0.926. The number of hydrogen-bond acceptors (Lipinski definition) is 3. The van der Waals surface area contributed by atoms with Gasteiger partial charge >= 0.3 is 215 Å². The van der Waals surface area contributed by atoms with Gasteiger partial charge in [0.15, 0.2) is 0 Å². The number of fused-ring (bicyclic) bond motifs is 11. The van der Waals surface area contributed by atoms with E-state index < -0.39 is 19.8 Å². The summed E-state index contributed by atoms with van der Waals surface area (Å²) < 4.78 is 10.6. The molecule has 4 heterocycles. The predicted molar refractivity (Wildman–Crippen MR) is 153 cm³/mol. The maximum atomic E-state index is 6.54. The molecule has 0 atom stereocenters. The summed E-state index contributed by atoms with van der Waals surface area (Å²) in [6.07, 6.45) is 0. The monoisotopic (exact) mass is 572 g/mol. The average Bonchev–Trinajstić information content (AvgIpc) is 3.58. The van der Waals surface area contributed by atoms with E-state index in [4.69, 9.17) is 14.4 Å². The summed E-state index contributed by atoms with van der Waals surface area (Å²) in [5, 5.41) is 2.32. The number of nitrogens with zero attached hydrogens (tertiary/aromatic N) is 2. The van der Waals surface area contributed by atoms with Crippen LogP contribution in [-0.4, -0.2) is 9.97 Å². The molecule has 0 saturated heterocycles. The molecule has 0 unspecified atom stereocenters. The Morgan fingerprint density at radius 1 is 0.611 bits per heavy atom. The Kier molecular flexibility index (Phi) is 3.62. The Morgan fingerprint density at radius 3 is 2.39 bits per heavy atom. The van der Waals surface area contributed by atoms with Crippen LogP contribution in [0.1, 0.15) is 0 Å². The van der Waals surface area contributed by atoms with Crippen molar-refractivity contribution in [2.75, 3.05) is 0 Å². The van der Waals surface area contributed by atoms with Gasteiger partial charge in [0.05, 0.1) is 0 Å². The number of halogens is 1. The summed E-state index contributed by atoms with van der Waals surface area (Å²) in [4.78, 5) is 10.6. The third kappa shape index (κ3) is 2.37. The van der Waals surface area contributed by atoms with Gasteiger partial charge in [0.25, 0.3) is 0 Å². The second-order valence-electron chi connectivity index (χ2n) is 9.28. The van der Waals surface area contributed by atoms with Crippen LogP contribution in [0.15, 0.2) is 108 Å². The Bertz CT molecular complexity index is 2060. The second kappa shape index (κ2) is 6.80. The van der Waals surface area contributed by atoms with Crippen LogP contribution in [0.3, 0.4) is 0 Å². The van der Waals surface area contributed by atoms with Crippen molar-refractivity contribution >= 4 is 52.8 Å². The molecule has 0 N–H and O–H groups in total. The fourth-order valence-corrected chi connectivity index (χ4v) is 12.4. The number of para-hydroxylation sites is 1. The molecule has 3 nitrogen and oxygen atoms in total. The fourth-order valence-electron chi connectivity index (χ4n) is 5.71. The van der Waals surface area contributed by atoms with Crippen LogP contribution >= 0.6 is 19.8 Å². The van der Waals surface area contributed by atoms with E-state index in [-0.39, 0.29) is 0 Å². The number of benzene rings is 5. The molecule has 0 spiro atoms. The molecule has 0 amide bonds. The molecule has 2 aromatic heterocycles. The number of furan rings is 1. The molecule has 0 radical (unpaired) electrons. The molecular weight excluding hydrogens is 555 g/mol. The van der Waals surface area contributed by atoms with Gasteiger partial charge in [-0.1, -0.05) is 0 Å². The van der Waals surface area contributed by atoms with Gasteiger partial charge in [-0.3, -0.25) is 0 Å². The summed E-state index contributed by atoms with van der Waals surface area (Å²) in [5.41, 5.74) is 11.0. The number of aromatic nitrogens is 2. The third-order valence-electron chi connectivity index (χ3n) is 7.31. The first-order valence-corrected chi connectivity index (χ1v) is 15.2. The van der Waals surface area contributed by atoms with Crippen molar-refractivity contribution in [1.29, 1.82) is 0 Å². The van der Waals surface area contributed by atoms with Gasteiger partial charge in [-0.15, -0.1) is 0 Å². The van der Waals surface area contributed by atoms with Crippen molar-refractivity contribution in [3.63, 3.8) is 0 Å². The number of hydrogen-bond donors (Lipinski definition) is 0. The topological polar surface area (TPSA) is 38.9 Å². The molecule has 0 bridgehead atoms. The first-order chi connectivity index (χ1) is 17.8. The maximum absolute atomic E-state index is 6.54. The van der Waals surface area contributed by atoms with E-state index in [1.54, 1.807) is 0 Å². The van der Waals surface area contributed by atoms with E-state index in [1.807, 2.05) is 12.1 Å². The van der Waals surface area contributed by atoms with Crippen molar-refractivity contribution in [1.82, 2.24) is 9.97 Å². The normalized spacial score (nSPS) is 13.9. The predicted octanol–water partition coefficient (Wildman–Crippen LogP) is 8.57. The van der Waals surface area contributed by atoms with E-state index in [9.17, 15) is 0 Å². The molecule has 36 heavy (non-hydrogen) atoms. The molecule has 0 saturated carbocycles. The van der Waals surface area contributed by atoms with Gasteiger partial charge in [-0.05, 0) is 0 Å². The first-order valence-electron chi connectivity index (χ1n) is 12.0. The average molecular weight is 572 g/mol. The summed E-state index contributed by atoms with van der Waals surface area (Å²) >= 11 is -1.96. The van der Waals surface area contributed by atoms with Crippen LogP contribution in [0.2, 0.25) is 0 Å². The van der Waals surface area contributed by atoms with Gasteiger partial charge in [0.2, 0.25) is 0 Å². The third-order valence-corrected chi connectivity index (χ3v) is 13.4. The SMILES string of the molecule is c1ccc(-c2ccc3nc4c(nc3c2)-c2c3c(cc5c2oc2ccccc25)-c2ccccc2I43)cc1. The first kappa shape index (κ1) is 19.2. The summed E-state index contributed by atoms with van der Waals surface area (Å²) in [5.74, 6) is 0. The van der Waals surface area contributed by atoms with Gasteiger partial charge in [-0.25, -0.2) is 0 Å². The van der Waals surface area contributed by atoms with Crippen LogP contribution in [0.5, 0.6) is 0 Å². The Hall–Kier alpha value is -4.03. The van der Waals surface area contributed by atoms with Crippen LogP contribution < -0.4 is 0 Å². The van der Waals surface area contributed by atoms with Crippen LogP contribution in [0, 0.1) is 10.8 Å². The van der Waals surface area contributed by atoms with Gasteiger partial charge < -0.3 is 0 Å².